The summed E-state index contributed by atoms with van der Waals surface area (Å²) in [6, 6.07) is 23.7. The van der Waals surface area contributed by atoms with Crippen molar-refractivity contribution in [1.29, 1.82) is 0 Å². The number of amides is 1. The molecule has 1 atom stereocenters. The summed E-state index contributed by atoms with van der Waals surface area (Å²) in [5.41, 5.74) is 3.31. The van der Waals surface area contributed by atoms with Crippen LogP contribution in [0.15, 0.2) is 78.9 Å². The third-order valence-corrected chi connectivity index (χ3v) is 6.26. The first-order valence-electron chi connectivity index (χ1n) is 10.8. The second kappa shape index (κ2) is 10.5. The summed E-state index contributed by atoms with van der Waals surface area (Å²) in [5, 5.41) is 3.03. The highest BCUT2D eigenvalue weighted by atomic mass is 32.2. The van der Waals surface area contributed by atoms with Gasteiger partial charge in [0.15, 0.2) is 0 Å². The van der Waals surface area contributed by atoms with Gasteiger partial charge in [0.1, 0.15) is 12.3 Å². The van der Waals surface area contributed by atoms with Gasteiger partial charge in [-0.2, -0.15) is 0 Å². The van der Waals surface area contributed by atoms with E-state index in [1.807, 2.05) is 75.4 Å². The van der Waals surface area contributed by atoms with E-state index in [2.05, 4.69) is 5.32 Å². The molecular weight excluding hydrogens is 436 g/mol. The second-order valence-corrected chi connectivity index (χ2v) is 10.1. The van der Waals surface area contributed by atoms with Gasteiger partial charge in [-0.05, 0) is 61.7 Å². The number of ether oxygens (including phenoxy) is 1. The molecule has 33 heavy (non-hydrogen) atoms. The zero-order valence-corrected chi connectivity index (χ0v) is 20.2. The smallest absolute Gasteiger partial charge is 0.241 e. The summed E-state index contributed by atoms with van der Waals surface area (Å²) >= 11 is 0. The summed E-state index contributed by atoms with van der Waals surface area (Å²) in [6.07, 6.45) is 1.10. The first-order chi connectivity index (χ1) is 15.6. The zero-order valence-electron chi connectivity index (χ0n) is 19.4. The van der Waals surface area contributed by atoms with Gasteiger partial charge in [0.05, 0.1) is 24.1 Å². The van der Waals surface area contributed by atoms with Gasteiger partial charge in [-0.15, -0.1) is 0 Å². The number of hydrogen-bond donors (Lipinski definition) is 1. The van der Waals surface area contributed by atoms with Crippen LogP contribution in [-0.4, -0.2) is 33.2 Å². The minimum Gasteiger partial charge on any atom is -0.491 e. The highest BCUT2D eigenvalue weighted by Gasteiger charge is 2.24. The maximum atomic E-state index is 13.1. The van der Waals surface area contributed by atoms with Gasteiger partial charge in [-0.3, -0.25) is 9.10 Å². The molecule has 6 nitrogen and oxygen atoms in total. The fraction of sp³-hybridized carbons (Fsp3) is 0.269. The van der Waals surface area contributed by atoms with Gasteiger partial charge in [0.25, 0.3) is 0 Å². The van der Waals surface area contributed by atoms with E-state index in [0.717, 1.165) is 27.3 Å². The van der Waals surface area contributed by atoms with Gasteiger partial charge in [-0.1, -0.05) is 54.6 Å². The van der Waals surface area contributed by atoms with E-state index in [1.165, 1.54) is 0 Å². The van der Waals surface area contributed by atoms with E-state index >= 15 is 0 Å². The Hall–Kier alpha value is -3.32. The van der Waals surface area contributed by atoms with Crippen LogP contribution in [0.3, 0.4) is 0 Å². The number of anilines is 1. The number of aryl methyl sites for hydroxylation is 1. The van der Waals surface area contributed by atoms with Crippen molar-refractivity contribution in [3.63, 3.8) is 0 Å². The molecule has 7 heteroatoms. The van der Waals surface area contributed by atoms with Gasteiger partial charge in [-0.25, -0.2) is 8.42 Å². The molecule has 0 bridgehead atoms. The molecule has 3 aromatic rings. The minimum absolute atomic E-state index is 0.00371. The molecule has 1 N–H and O–H groups in total. The number of rotatable bonds is 9. The van der Waals surface area contributed by atoms with Crippen LogP contribution in [0.5, 0.6) is 5.75 Å². The van der Waals surface area contributed by atoms with Crippen molar-refractivity contribution in [2.75, 3.05) is 17.1 Å². The molecule has 0 aliphatic heterocycles. The third kappa shape index (κ3) is 6.58. The van der Waals surface area contributed by atoms with Crippen LogP contribution in [0.25, 0.3) is 0 Å². The highest BCUT2D eigenvalue weighted by Crippen LogP contribution is 2.26. The van der Waals surface area contributed by atoms with Gasteiger partial charge in [0.2, 0.25) is 15.9 Å². The maximum absolute atomic E-state index is 13.1. The lowest BCUT2D eigenvalue weighted by molar-refractivity contribution is -0.120. The van der Waals surface area contributed by atoms with Crippen LogP contribution in [0, 0.1) is 6.92 Å². The highest BCUT2D eigenvalue weighted by molar-refractivity contribution is 7.92. The van der Waals surface area contributed by atoms with Crippen LogP contribution < -0.4 is 14.4 Å². The number of sulfonamides is 1. The average molecular weight is 467 g/mol. The third-order valence-electron chi connectivity index (χ3n) is 5.12. The van der Waals surface area contributed by atoms with E-state index in [1.54, 1.807) is 24.3 Å². The predicted molar refractivity (Wildman–Crippen MR) is 132 cm³/mol. The Morgan fingerprint density at radius 1 is 0.939 bits per heavy atom. The molecule has 1 amide bonds. The molecule has 0 saturated carbocycles. The lowest BCUT2D eigenvalue weighted by Crippen LogP contribution is -2.42. The Bertz CT molecular complexity index is 1180. The topological polar surface area (TPSA) is 75.7 Å². The monoisotopic (exact) mass is 466 g/mol. The SMILES string of the molecule is Cc1ccccc1C(NC(=O)CN(c1ccc(OC(C)C)cc1)S(C)(=O)=O)c1ccccc1. The Labute approximate surface area is 196 Å². The molecule has 1 unspecified atom stereocenters. The fourth-order valence-corrected chi connectivity index (χ4v) is 4.45. The summed E-state index contributed by atoms with van der Waals surface area (Å²) in [6.45, 7) is 5.48. The molecule has 0 aliphatic rings. The van der Waals surface area contributed by atoms with Crippen LogP contribution in [-0.2, 0) is 14.8 Å². The number of carbonyl (C=O) groups is 1. The van der Waals surface area contributed by atoms with Crippen LogP contribution >= 0.6 is 0 Å². The van der Waals surface area contributed by atoms with Crippen molar-refractivity contribution in [3.8, 4) is 5.75 Å². The lowest BCUT2D eigenvalue weighted by Gasteiger charge is -2.25. The van der Waals surface area contributed by atoms with Crippen molar-refractivity contribution in [3.05, 3.63) is 95.6 Å². The molecule has 174 valence electrons. The van der Waals surface area contributed by atoms with Crippen molar-refractivity contribution < 1.29 is 17.9 Å². The van der Waals surface area contributed by atoms with Gasteiger partial charge in [0, 0.05) is 0 Å². The maximum Gasteiger partial charge on any atom is 0.241 e. The summed E-state index contributed by atoms with van der Waals surface area (Å²) in [7, 11) is -3.69. The predicted octanol–water partition coefficient (Wildman–Crippen LogP) is 4.45. The number of nitrogens with one attached hydrogen (secondary N) is 1. The summed E-state index contributed by atoms with van der Waals surface area (Å²) in [5.74, 6) is 0.232. The molecule has 0 heterocycles. The van der Waals surface area contributed by atoms with E-state index in [9.17, 15) is 13.2 Å². The summed E-state index contributed by atoms with van der Waals surface area (Å²) in [4.78, 5) is 13.1. The van der Waals surface area contributed by atoms with Gasteiger partial charge < -0.3 is 10.1 Å². The van der Waals surface area contributed by atoms with Gasteiger partial charge >= 0.3 is 0 Å². The molecule has 3 rings (SSSR count). The van der Waals surface area contributed by atoms with Crippen LogP contribution in [0.4, 0.5) is 5.69 Å². The first kappa shape index (κ1) is 24.3. The molecule has 0 aromatic heterocycles. The van der Waals surface area contributed by atoms with Crippen molar-refractivity contribution in [1.82, 2.24) is 5.32 Å². The van der Waals surface area contributed by atoms with Crippen LogP contribution in [0.1, 0.15) is 36.6 Å². The molecule has 0 radical (unpaired) electrons. The largest absolute Gasteiger partial charge is 0.491 e. The molecule has 0 spiro atoms. The van der Waals surface area contributed by atoms with Crippen molar-refractivity contribution >= 4 is 21.6 Å². The van der Waals surface area contributed by atoms with Crippen molar-refractivity contribution in [2.24, 2.45) is 0 Å². The Kier molecular flexibility index (Phi) is 7.76. The normalized spacial score (nSPS) is 12.3. The molecule has 3 aromatic carbocycles. The Morgan fingerprint density at radius 3 is 2.12 bits per heavy atom. The molecule has 0 aliphatic carbocycles. The number of hydrogen-bond acceptors (Lipinski definition) is 4. The lowest BCUT2D eigenvalue weighted by atomic mass is 9.95. The van der Waals surface area contributed by atoms with Crippen LogP contribution in [0.2, 0.25) is 0 Å². The molecule has 0 saturated heterocycles. The Morgan fingerprint density at radius 2 is 1.55 bits per heavy atom. The number of benzene rings is 3. The fourth-order valence-electron chi connectivity index (χ4n) is 3.60. The standard InChI is InChI=1S/C26H30N2O4S/c1-19(2)32-23-16-14-22(15-17-23)28(33(4,30)31)18-25(29)27-26(21-11-6-5-7-12-21)24-13-9-8-10-20(24)3/h5-17,19,26H,18H2,1-4H3,(H,27,29). The van der Waals surface area contributed by atoms with E-state index in [4.69, 9.17) is 4.74 Å². The van der Waals surface area contributed by atoms with E-state index < -0.39 is 22.0 Å². The first-order valence-corrected chi connectivity index (χ1v) is 12.6. The number of nitrogens with zero attached hydrogens (tertiary/aromatic N) is 1. The van der Waals surface area contributed by atoms with Crippen molar-refractivity contribution in [2.45, 2.75) is 32.9 Å². The molecular formula is C26H30N2O4S. The summed E-state index contributed by atoms with van der Waals surface area (Å²) < 4.78 is 31.8. The Balaban J connectivity index is 1.86. The zero-order chi connectivity index (χ0) is 24.0. The van der Waals surface area contributed by atoms with E-state index in [-0.39, 0.29) is 12.6 Å². The molecule has 0 fully saturated rings. The van der Waals surface area contributed by atoms with E-state index in [0.29, 0.717) is 11.4 Å². The minimum atomic E-state index is -3.69. The second-order valence-electron chi connectivity index (χ2n) is 8.20. The quantitative estimate of drug-likeness (QED) is 0.505. The average Bonchev–Trinajstić information content (AvgIpc) is 2.77. The number of carbonyl (C=O) groups excluding carboxylic acids is 1.